The van der Waals surface area contributed by atoms with Crippen molar-refractivity contribution in [1.82, 2.24) is 15.3 Å². The molecule has 2 aromatic heterocycles. The van der Waals surface area contributed by atoms with Crippen LogP contribution in [0.2, 0.25) is 0 Å². The molecule has 2 heterocycles. The Morgan fingerprint density at radius 1 is 1.35 bits per heavy atom. The maximum atomic E-state index is 4.38. The molecule has 1 atom stereocenters. The number of hydrogen-bond acceptors (Lipinski definition) is 4. The highest BCUT2D eigenvalue weighted by Gasteiger charge is 2.12. The first-order chi connectivity index (χ1) is 8.29. The van der Waals surface area contributed by atoms with Crippen molar-refractivity contribution in [3.8, 4) is 0 Å². The molecule has 90 valence electrons. The monoisotopic (exact) mass is 247 g/mol. The lowest BCUT2D eigenvalue weighted by atomic mass is 10.1. The number of nitrogens with zero attached hydrogens (tertiary/aromatic N) is 2. The average Bonchev–Trinajstić information content (AvgIpc) is 2.85. The van der Waals surface area contributed by atoms with E-state index in [4.69, 9.17) is 0 Å². The van der Waals surface area contributed by atoms with E-state index in [1.807, 2.05) is 26.4 Å². The van der Waals surface area contributed by atoms with Crippen LogP contribution in [0, 0.1) is 6.92 Å². The van der Waals surface area contributed by atoms with Crippen LogP contribution in [0.4, 0.5) is 0 Å². The first kappa shape index (κ1) is 12.2. The molecule has 0 saturated carbocycles. The molecule has 0 spiro atoms. The SMILES string of the molecule is CNC(CCc1cccs1)c1ncc(C)cn1. The van der Waals surface area contributed by atoms with E-state index >= 15 is 0 Å². The molecular weight excluding hydrogens is 230 g/mol. The van der Waals surface area contributed by atoms with E-state index in [0.717, 1.165) is 24.2 Å². The van der Waals surface area contributed by atoms with Gasteiger partial charge in [-0.15, -0.1) is 11.3 Å². The first-order valence-electron chi connectivity index (χ1n) is 5.78. The van der Waals surface area contributed by atoms with Crippen LogP contribution in [0.1, 0.15) is 28.7 Å². The van der Waals surface area contributed by atoms with Gasteiger partial charge in [0.25, 0.3) is 0 Å². The van der Waals surface area contributed by atoms with Gasteiger partial charge >= 0.3 is 0 Å². The van der Waals surface area contributed by atoms with Crippen molar-refractivity contribution in [3.63, 3.8) is 0 Å². The molecule has 0 saturated heterocycles. The standard InChI is InChI=1S/C13H17N3S/c1-10-8-15-13(16-9-10)12(14-2)6-5-11-4-3-7-17-11/h3-4,7-9,12,14H,5-6H2,1-2H3. The summed E-state index contributed by atoms with van der Waals surface area (Å²) in [6.07, 6.45) is 5.84. The predicted molar refractivity (Wildman–Crippen MR) is 71.2 cm³/mol. The van der Waals surface area contributed by atoms with E-state index in [9.17, 15) is 0 Å². The third-order valence-corrected chi connectivity index (χ3v) is 3.66. The molecule has 1 unspecified atom stereocenters. The zero-order chi connectivity index (χ0) is 12.1. The van der Waals surface area contributed by atoms with E-state index in [0.29, 0.717) is 0 Å². The van der Waals surface area contributed by atoms with Crippen LogP contribution in [0.3, 0.4) is 0 Å². The molecule has 0 aromatic carbocycles. The Kier molecular flexibility index (Phi) is 4.23. The maximum absolute atomic E-state index is 4.38. The number of nitrogens with one attached hydrogen (secondary N) is 1. The zero-order valence-corrected chi connectivity index (χ0v) is 11.0. The van der Waals surface area contributed by atoms with Crippen LogP contribution in [0.25, 0.3) is 0 Å². The molecule has 0 aliphatic heterocycles. The minimum atomic E-state index is 0.234. The predicted octanol–water partition coefficient (Wildman–Crippen LogP) is 2.74. The van der Waals surface area contributed by atoms with Gasteiger partial charge in [0.1, 0.15) is 5.82 Å². The summed E-state index contributed by atoms with van der Waals surface area (Å²) >= 11 is 1.80. The maximum Gasteiger partial charge on any atom is 0.145 e. The third kappa shape index (κ3) is 3.35. The van der Waals surface area contributed by atoms with E-state index < -0.39 is 0 Å². The summed E-state index contributed by atoms with van der Waals surface area (Å²) in [4.78, 5) is 10.2. The minimum absolute atomic E-state index is 0.234. The van der Waals surface area contributed by atoms with Crippen molar-refractivity contribution in [1.29, 1.82) is 0 Å². The Balaban J connectivity index is 1.99. The molecule has 0 amide bonds. The van der Waals surface area contributed by atoms with E-state index in [1.165, 1.54) is 4.88 Å². The van der Waals surface area contributed by atoms with Crippen LogP contribution < -0.4 is 5.32 Å². The summed E-state index contributed by atoms with van der Waals surface area (Å²) < 4.78 is 0. The lowest BCUT2D eigenvalue weighted by Crippen LogP contribution is -2.19. The van der Waals surface area contributed by atoms with Crippen LogP contribution in [-0.2, 0) is 6.42 Å². The van der Waals surface area contributed by atoms with Gasteiger partial charge in [-0.2, -0.15) is 0 Å². The molecule has 1 N–H and O–H groups in total. The van der Waals surface area contributed by atoms with Gasteiger partial charge < -0.3 is 5.32 Å². The average molecular weight is 247 g/mol. The fourth-order valence-electron chi connectivity index (χ4n) is 1.73. The van der Waals surface area contributed by atoms with Crippen LogP contribution in [0.5, 0.6) is 0 Å². The number of rotatable bonds is 5. The van der Waals surface area contributed by atoms with Gasteiger partial charge in [-0.25, -0.2) is 9.97 Å². The van der Waals surface area contributed by atoms with Gasteiger partial charge in [0, 0.05) is 17.3 Å². The zero-order valence-electron chi connectivity index (χ0n) is 10.2. The quantitative estimate of drug-likeness (QED) is 0.883. The topological polar surface area (TPSA) is 37.8 Å². The Bertz CT molecular complexity index is 436. The summed E-state index contributed by atoms with van der Waals surface area (Å²) in [5.74, 6) is 0.884. The van der Waals surface area contributed by atoms with E-state index in [-0.39, 0.29) is 6.04 Å². The fraction of sp³-hybridized carbons (Fsp3) is 0.385. The summed E-state index contributed by atoms with van der Waals surface area (Å²) in [6, 6.07) is 4.50. The molecule has 0 aliphatic carbocycles. The van der Waals surface area contributed by atoms with Crippen molar-refractivity contribution in [3.05, 3.63) is 46.2 Å². The number of aryl methyl sites for hydroxylation is 2. The molecule has 0 aliphatic rings. The van der Waals surface area contributed by atoms with Gasteiger partial charge in [-0.3, -0.25) is 0 Å². The van der Waals surface area contributed by atoms with E-state index in [2.05, 4.69) is 32.8 Å². The Hall–Kier alpha value is -1.26. The second kappa shape index (κ2) is 5.89. The lowest BCUT2D eigenvalue weighted by Gasteiger charge is -2.13. The molecule has 4 heteroatoms. The molecule has 3 nitrogen and oxygen atoms in total. The molecule has 0 radical (unpaired) electrons. The van der Waals surface area contributed by atoms with Gasteiger partial charge in [0.2, 0.25) is 0 Å². The molecule has 0 bridgehead atoms. The second-order valence-electron chi connectivity index (χ2n) is 4.08. The van der Waals surface area contributed by atoms with Crippen molar-refractivity contribution in [2.24, 2.45) is 0 Å². The van der Waals surface area contributed by atoms with Gasteiger partial charge in [-0.05, 0) is 43.8 Å². The van der Waals surface area contributed by atoms with Crippen LogP contribution >= 0.6 is 11.3 Å². The summed E-state index contributed by atoms with van der Waals surface area (Å²) in [5, 5.41) is 5.40. The smallest absolute Gasteiger partial charge is 0.145 e. The van der Waals surface area contributed by atoms with Crippen LogP contribution in [0.15, 0.2) is 29.9 Å². The molecular formula is C13H17N3S. The fourth-order valence-corrected chi connectivity index (χ4v) is 2.45. The molecule has 17 heavy (non-hydrogen) atoms. The normalized spacial score (nSPS) is 12.6. The summed E-state index contributed by atoms with van der Waals surface area (Å²) in [5.41, 5.74) is 1.10. The minimum Gasteiger partial charge on any atom is -0.310 e. The second-order valence-corrected chi connectivity index (χ2v) is 5.11. The largest absolute Gasteiger partial charge is 0.310 e. The lowest BCUT2D eigenvalue weighted by molar-refractivity contribution is 0.521. The van der Waals surface area contributed by atoms with Crippen molar-refractivity contribution in [2.45, 2.75) is 25.8 Å². The highest BCUT2D eigenvalue weighted by molar-refractivity contribution is 7.09. The molecule has 0 fully saturated rings. The van der Waals surface area contributed by atoms with E-state index in [1.54, 1.807) is 11.3 Å². The van der Waals surface area contributed by atoms with Crippen molar-refractivity contribution < 1.29 is 0 Å². The third-order valence-electron chi connectivity index (χ3n) is 2.72. The molecule has 2 aromatic rings. The van der Waals surface area contributed by atoms with Crippen molar-refractivity contribution >= 4 is 11.3 Å². The highest BCUT2D eigenvalue weighted by Crippen LogP contribution is 2.18. The van der Waals surface area contributed by atoms with Gasteiger partial charge in [0.15, 0.2) is 0 Å². The van der Waals surface area contributed by atoms with Gasteiger partial charge in [-0.1, -0.05) is 6.07 Å². The number of hydrogen-bond donors (Lipinski definition) is 1. The summed E-state index contributed by atoms with van der Waals surface area (Å²) in [6.45, 7) is 2.00. The Labute approximate surface area is 106 Å². The molecule has 2 rings (SSSR count). The highest BCUT2D eigenvalue weighted by atomic mass is 32.1. The van der Waals surface area contributed by atoms with Crippen LogP contribution in [-0.4, -0.2) is 17.0 Å². The first-order valence-corrected chi connectivity index (χ1v) is 6.65. The summed E-state index contributed by atoms with van der Waals surface area (Å²) in [7, 11) is 1.96. The Morgan fingerprint density at radius 2 is 2.12 bits per heavy atom. The van der Waals surface area contributed by atoms with Gasteiger partial charge in [0.05, 0.1) is 6.04 Å². The van der Waals surface area contributed by atoms with Crippen molar-refractivity contribution in [2.75, 3.05) is 7.05 Å². The number of aromatic nitrogens is 2. The number of thiophene rings is 1. The Morgan fingerprint density at radius 3 is 2.71 bits per heavy atom.